The number of benzene rings is 2. The van der Waals surface area contributed by atoms with Gasteiger partial charge in [-0.25, -0.2) is 4.79 Å². The number of carbonyl (C=O) groups excluding carboxylic acids is 2. The van der Waals surface area contributed by atoms with E-state index in [0.29, 0.717) is 41.2 Å². The fourth-order valence-corrected chi connectivity index (χ4v) is 2.50. The molecule has 0 atom stereocenters. The molecule has 0 saturated carbocycles. The van der Waals surface area contributed by atoms with Crippen LogP contribution in [0.1, 0.15) is 24.2 Å². The number of anilines is 1. The van der Waals surface area contributed by atoms with E-state index in [4.69, 9.17) is 23.7 Å². The second-order valence-corrected chi connectivity index (χ2v) is 6.76. The SMILES string of the molecule is COc1ccc(NC(=O)COC(=O)c2ccc(OCC(C)C)c(OC)c2)cc1OC. The third kappa shape index (κ3) is 6.30. The van der Waals surface area contributed by atoms with Gasteiger partial charge >= 0.3 is 5.97 Å². The summed E-state index contributed by atoms with van der Waals surface area (Å²) in [5.74, 6) is 1.18. The second-order valence-electron chi connectivity index (χ2n) is 6.76. The molecule has 0 unspecified atom stereocenters. The van der Waals surface area contributed by atoms with E-state index in [2.05, 4.69) is 5.32 Å². The van der Waals surface area contributed by atoms with E-state index < -0.39 is 18.5 Å². The molecule has 0 heterocycles. The van der Waals surface area contributed by atoms with Crippen LogP contribution in [0.3, 0.4) is 0 Å². The summed E-state index contributed by atoms with van der Waals surface area (Å²) in [7, 11) is 4.51. The highest BCUT2D eigenvalue weighted by Gasteiger charge is 2.15. The quantitative estimate of drug-likeness (QED) is 0.591. The summed E-state index contributed by atoms with van der Waals surface area (Å²) in [5, 5.41) is 2.64. The van der Waals surface area contributed by atoms with E-state index in [1.165, 1.54) is 27.4 Å². The number of ether oxygens (including phenoxy) is 5. The standard InChI is InChI=1S/C22H27NO7/c1-14(2)12-29-18-8-6-15(10-19(18)27-4)22(25)30-13-21(24)23-16-7-9-17(26-3)20(11-16)28-5/h6-11,14H,12-13H2,1-5H3,(H,23,24). The minimum atomic E-state index is -0.647. The highest BCUT2D eigenvalue weighted by Crippen LogP contribution is 2.30. The summed E-state index contributed by atoms with van der Waals surface area (Å²) in [6.45, 7) is 4.15. The smallest absolute Gasteiger partial charge is 0.338 e. The molecule has 0 aliphatic carbocycles. The number of hydrogen-bond acceptors (Lipinski definition) is 7. The summed E-state index contributed by atoms with van der Waals surface area (Å²) in [5.41, 5.74) is 0.740. The van der Waals surface area contributed by atoms with Crippen molar-refractivity contribution in [1.29, 1.82) is 0 Å². The second kappa shape index (κ2) is 10.9. The predicted molar refractivity (Wildman–Crippen MR) is 112 cm³/mol. The molecule has 0 radical (unpaired) electrons. The average Bonchev–Trinajstić information content (AvgIpc) is 2.75. The monoisotopic (exact) mass is 417 g/mol. The Kier molecular flexibility index (Phi) is 8.34. The van der Waals surface area contributed by atoms with Crippen molar-refractivity contribution >= 4 is 17.6 Å². The third-order valence-corrected chi connectivity index (χ3v) is 3.97. The first kappa shape index (κ1) is 22.9. The van der Waals surface area contributed by atoms with Crippen LogP contribution in [0, 0.1) is 5.92 Å². The van der Waals surface area contributed by atoms with Gasteiger partial charge in [-0.05, 0) is 36.2 Å². The van der Waals surface area contributed by atoms with Crippen molar-refractivity contribution in [2.45, 2.75) is 13.8 Å². The van der Waals surface area contributed by atoms with Gasteiger partial charge in [0, 0.05) is 11.8 Å². The van der Waals surface area contributed by atoms with Crippen molar-refractivity contribution in [1.82, 2.24) is 0 Å². The van der Waals surface area contributed by atoms with Crippen molar-refractivity contribution in [3.05, 3.63) is 42.0 Å². The Hall–Kier alpha value is -3.42. The molecule has 0 fully saturated rings. The predicted octanol–water partition coefficient (Wildman–Crippen LogP) is 3.54. The van der Waals surface area contributed by atoms with Crippen LogP contribution in [0.25, 0.3) is 0 Å². The van der Waals surface area contributed by atoms with E-state index in [-0.39, 0.29) is 5.56 Å². The minimum Gasteiger partial charge on any atom is -0.493 e. The number of carbonyl (C=O) groups is 2. The van der Waals surface area contributed by atoms with Crippen LogP contribution >= 0.6 is 0 Å². The average molecular weight is 417 g/mol. The number of esters is 1. The largest absolute Gasteiger partial charge is 0.493 e. The molecule has 1 amide bonds. The van der Waals surface area contributed by atoms with Gasteiger partial charge in [-0.1, -0.05) is 13.8 Å². The van der Waals surface area contributed by atoms with E-state index in [1.807, 2.05) is 13.8 Å². The molecule has 2 aromatic rings. The number of methoxy groups -OCH3 is 3. The van der Waals surface area contributed by atoms with Crippen LogP contribution in [-0.2, 0) is 9.53 Å². The first-order valence-corrected chi connectivity index (χ1v) is 9.37. The van der Waals surface area contributed by atoms with Crippen molar-refractivity contribution in [2.24, 2.45) is 5.92 Å². The fourth-order valence-electron chi connectivity index (χ4n) is 2.50. The Labute approximate surface area is 176 Å². The first-order valence-electron chi connectivity index (χ1n) is 9.37. The Bertz CT molecular complexity index is 880. The summed E-state index contributed by atoms with van der Waals surface area (Å²) in [6.07, 6.45) is 0. The van der Waals surface area contributed by atoms with Gasteiger partial charge in [0.1, 0.15) is 0 Å². The Morgan fingerprint density at radius 1 is 0.867 bits per heavy atom. The summed E-state index contributed by atoms with van der Waals surface area (Å²) in [4.78, 5) is 24.4. The normalized spacial score (nSPS) is 10.3. The molecule has 0 aliphatic heterocycles. The zero-order valence-electron chi connectivity index (χ0n) is 17.8. The first-order chi connectivity index (χ1) is 14.4. The lowest BCUT2D eigenvalue weighted by Gasteiger charge is -2.13. The van der Waals surface area contributed by atoms with Gasteiger partial charge < -0.3 is 29.0 Å². The van der Waals surface area contributed by atoms with Crippen LogP contribution in [0.2, 0.25) is 0 Å². The molecule has 0 bridgehead atoms. The van der Waals surface area contributed by atoms with Gasteiger partial charge in [-0.15, -0.1) is 0 Å². The topological polar surface area (TPSA) is 92.3 Å². The molecular weight excluding hydrogens is 390 g/mol. The maximum atomic E-state index is 12.3. The highest BCUT2D eigenvalue weighted by atomic mass is 16.5. The van der Waals surface area contributed by atoms with Crippen molar-refractivity contribution in [3.8, 4) is 23.0 Å². The van der Waals surface area contributed by atoms with E-state index in [1.54, 1.807) is 30.3 Å². The molecule has 30 heavy (non-hydrogen) atoms. The number of nitrogens with one attached hydrogen (secondary N) is 1. The van der Waals surface area contributed by atoms with Crippen LogP contribution < -0.4 is 24.3 Å². The summed E-state index contributed by atoms with van der Waals surface area (Å²) in [6, 6.07) is 9.65. The van der Waals surface area contributed by atoms with Gasteiger partial charge in [-0.3, -0.25) is 4.79 Å². The van der Waals surface area contributed by atoms with Gasteiger partial charge in [0.2, 0.25) is 0 Å². The van der Waals surface area contributed by atoms with Gasteiger partial charge in [0.15, 0.2) is 29.6 Å². The maximum absolute atomic E-state index is 12.3. The van der Waals surface area contributed by atoms with E-state index in [9.17, 15) is 9.59 Å². The Morgan fingerprint density at radius 3 is 2.13 bits per heavy atom. The zero-order valence-corrected chi connectivity index (χ0v) is 17.8. The van der Waals surface area contributed by atoms with Crippen molar-refractivity contribution < 1.29 is 33.3 Å². The van der Waals surface area contributed by atoms with Crippen molar-refractivity contribution in [3.63, 3.8) is 0 Å². The molecule has 8 heteroatoms. The highest BCUT2D eigenvalue weighted by molar-refractivity contribution is 5.96. The van der Waals surface area contributed by atoms with Crippen LogP contribution in [0.4, 0.5) is 5.69 Å². The molecule has 0 aromatic heterocycles. The number of hydrogen-bond donors (Lipinski definition) is 1. The zero-order chi connectivity index (χ0) is 22.1. The van der Waals surface area contributed by atoms with Gasteiger partial charge in [-0.2, -0.15) is 0 Å². The Morgan fingerprint density at radius 2 is 1.50 bits per heavy atom. The maximum Gasteiger partial charge on any atom is 0.338 e. The Balaban J connectivity index is 1.95. The molecule has 8 nitrogen and oxygen atoms in total. The lowest BCUT2D eigenvalue weighted by atomic mass is 10.2. The lowest BCUT2D eigenvalue weighted by molar-refractivity contribution is -0.119. The van der Waals surface area contributed by atoms with Gasteiger partial charge in [0.05, 0.1) is 33.5 Å². The summed E-state index contributed by atoms with van der Waals surface area (Å²) < 4.78 is 26.4. The molecule has 0 saturated heterocycles. The lowest BCUT2D eigenvalue weighted by Crippen LogP contribution is -2.21. The minimum absolute atomic E-state index is 0.252. The molecule has 0 spiro atoms. The summed E-state index contributed by atoms with van der Waals surface area (Å²) >= 11 is 0. The molecule has 2 aromatic carbocycles. The molecule has 162 valence electrons. The number of amides is 1. The van der Waals surface area contributed by atoms with Crippen LogP contribution in [0.15, 0.2) is 36.4 Å². The van der Waals surface area contributed by atoms with E-state index >= 15 is 0 Å². The molecule has 0 aliphatic rings. The van der Waals surface area contributed by atoms with Gasteiger partial charge in [0.25, 0.3) is 5.91 Å². The molecule has 2 rings (SSSR count). The molecule has 1 N–H and O–H groups in total. The number of rotatable bonds is 10. The van der Waals surface area contributed by atoms with Crippen LogP contribution in [0.5, 0.6) is 23.0 Å². The van der Waals surface area contributed by atoms with Crippen LogP contribution in [-0.4, -0.2) is 46.4 Å². The fraction of sp³-hybridized carbons (Fsp3) is 0.364. The van der Waals surface area contributed by atoms with Crippen molar-refractivity contribution in [2.75, 3.05) is 39.9 Å². The molecular formula is C22H27NO7. The third-order valence-electron chi connectivity index (χ3n) is 3.97. The van der Waals surface area contributed by atoms with E-state index in [0.717, 1.165) is 0 Å².